The zero-order valence-corrected chi connectivity index (χ0v) is 11.6. The Morgan fingerprint density at radius 1 is 1.37 bits per heavy atom. The highest BCUT2D eigenvalue weighted by Gasteiger charge is 2.23. The molecule has 1 aliphatic carbocycles. The molecule has 2 atom stereocenters. The van der Waals surface area contributed by atoms with Crippen LogP contribution in [0.4, 0.5) is 5.82 Å². The molecule has 1 aromatic heterocycles. The van der Waals surface area contributed by atoms with Gasteiger partial charge in [-0.15, -0.1) is 0 Å². The lowest BCUT2D eigenvalue weighted by Gasteiger charge is -2.15. The van der Waals surface area contributed by atoms with Crippen molar-refractivity contribution < 1.29 is 4.79 Å². The summed E-state index contributed by atoms with van der Waals surface area (Å²) in [6.45, 7) is 5.79. The summed E-state index contributed by atoms with van der Waals surface area (Å²) in [4.78, 5) is 20.2. The number of amides is 1. The predicted octanol–water partition coefficient (Wildman–Crippen LogP) is 2.07. The van der Waals surface area contributed by atoms with Crippen LogP contribution in [0.2, 0.25) is 0 Å². The van der Waals surface area contributed by atoms with Gasteiger partial charge in [-0.2, -0.15) is 0 Å². The Bertz CT molecular complexity index is 418. The molecule has 2 unspecified atom stereocenters. The number of rotatable bonds is 5. The van der Waals surface area contributed by atoms with Gasteiger partial charge >= 0.3 is 0 Å². The number of carbonyl (C=O) groups is 1. The molecule has 1 aromatic rings. The molecule has 19 heavy (non-hydrogen) atoms. The topological polar surface area (TPSA) is 66.9 Å². The minimum atomic E-state index is -0.130. The van der Waals surface area contributed by atoms with E-state index in [1.54, 1.807) is 6.20 Å². The third-order valence-electron chi connectivity index (χ3n) is 3.81. The molecule has 0 aromatic carbocycles. The molecule has 0 aliphatic heterocycles. The number of hydrogen-bond donors (Lipinski definition) is 2. The van der Waals surface area contributed by atoms with Crippen LogP contribution < -0.4 is 10.6 Å². The van der Waals surface area contributed by atoms with Crippen LogP contribution in [0, 0.1) is 11.8 Å². The van der Waals surface area contributed by atoms with Crippen molar-refractivity contribution in [2.75, 3.05) is 18.4 Å². The monoisotopic (exact) mass is 262 g/mol. The molecule has 104 valence electrons. The molecule has 0 bridgehead atoms. The second-order valence-corrected chi connectivity index (χ2v) is 5.20. The van der Waals surface area contributed by atoms with E-state index < -0.39 is 0 Å². The predicted molar refractivity (Wildman–Crippen MR) is 75.0 cm³/mol. The van der Waals surface area contributed by atoms with Gasteiger partial charge in [0.15, 0.2) is 0 Å². The van der Waals surface area contributed by atoms with Crippen molar-refractivity contribution in [3.05, 3.63) is 18.1 Å². The van der Waals surface area contributed by atoms with Crippen molar-refractivity contribution in [2.24, 2.45) is 11.8 Å². The lowest BCUT2D eigenvalue weighted by molar-refractivity contribution is 0.0939. The van der Waals surface area contributed by atoms with E-state index in [2.05, 4.69) is 27.5 Å². The Morgan fingerprint density at radius 3 is 2.79 bits per heavy atom. The van der Waals surface area contributed by atoms with Crippen molar-refractivity contribution in [3.63, 3.8) is 0 Å². The van der Waals surface area contributed by atoms with Gasteiger partial charge in [-0.25, -0.2) is 9.97 Å². The van der Waals surface area contributed by atoms with E-state index in [0.717, 1.165) is 13.1 Å². The fourth-order valence-corrected chi connectivity index (χ4v) is 2.56. The summed E-state index contributed by atoms with van der Waals surface area (Å²) in [7, 11) is 0. The van der Waals surface area contributed by atoms with Crippen LogP contribution in [-0.2, 0) is 0 Å². The maximum Gasteiger partial charge on any atom is 0.271 e. The lowest BCUT2D eigenvalue weighted by Crippen LogP contribution is -2.30. The molecule has 2 N–H and O–H groups in total. The van der Waals surface area contributed by atoms with Crippen molar-refractivity contribution in [3.8, 4) is 0 Å². The first-order chi connectivity index (χ1) is 9.20. The Hall–Kier alpha value is -1.65. The summed E-state index contributed by atoms with van der Waals surface area (Å²) in [6, 6.07) is 0. The van der Waals surface area contributed by atoms with Crippen molar-refractivity contribution >= 4 is 11.7 Å². The van der Waals surface area contributed by atoms with E-state index in [1.165, 1.54) is 25.5 Å². The van der Waals surface area contributed by atoms with Gasteiger partial charge in [0.05, 0.1) is 12.4 Å². The summed E-state index contributed by atoms with van der Waals surface area (Å²) in [5.41, 5.74) is 0.382. The first-order valence-electron chi connectivity index (χ1n) is 7.04. The minimum absolute atomic E-state index is 0.130. The quantitative estimate of drug-likeness (QED) is 0.852. The fourth-order valence-electron chi connectivity index (χ4n) is 2.56. The molecule has 0 spiro atoms. The maximum absolute atomic E-state index is 11.9. The van der Waals surface area contributed by atoms with Gasteiger partial charge < -0.3 is 10.6 Å². The van der Waals surface area contributed by atoms with Crippen molar-refractivity contribution in [1.82, 2.24) is 15.3 Å². The Kier molecular flexibility index (Phi) is 4.71. The van der Waals surface area contributed by atoms with Crippen LogP contribution in [0.25, 0.3) is 0 Å². The molecular formula is C14H22N4O. The van der Waals surface area contributed by atoms with Gasteiger partial charge in [0, 0.05) is 13.1 Å². The molecule has 1 saturated carbocycles. The number of nitrogens with one attached hydrogen (secondary N) is 2. The maximum atomic E-state index is 11.9. The highest BCUT2D eigenvalue weighted by molar-refractivity contribution is 5.91. The second-order valence-electron chi connectivity index (χ2n) is 5.20. The molecule has 2 rings (SSSR count). The lowest BCUT2D eigenvalue weighted by atomic mass is 9.98. The fraction of sp³-hybridized carbons (Fsp3) is 0.643. The molecule has 5 heteroatoms. The number of carbonyl (C=O) groups excluding carboxylic acids is 1. The molecule has 1 fully saturated rings. The zero-order valence-electron chi connectivity index (χ0n) is 11.6. The summed E-state index contributed by atoms with van der Waals surface area (Å²) in [5.74, 6) is 1.89. The average molecular weight is 262 g/mol. The zero-order chi connectivity index (χ0) is 13.7. The number of nitrogens with zero attached hydrogens (tertiary/aromatic N) is 2. The molecule has 1 amide bonds. The summed E-state index contributed by atoms with van der Waals surface area (Å²) in [5, 5.41) is 6.01. The number of aromatic nitrogens is 2. The van der Waals surface area contributed by atoms with Gasteiger partial charge in [0.1, 0.15) is 11.5 Å². The van der Waals surface area contributed by atoms with E-state index in [-0.39, 0.29) is 5.91 Å². The van der Waals surface area contributed by atoms with Gasteiger partial charge in [-0.05, 0) is 25.2 Å². The summed E-state index contributed by atoms with van der Waals surface area (Å²) >= 11 is 0. The van der Waals surface area contributed by atoms with Crippen LogP contribution in [0.3, 0.4) is 0 Å². The van der Waals surface area contributed by atoms with E-state index in [4.69, 9.17) is 0 Å². The second kappa shape index (κ2) is 6.50. The van der Waals surface area contributed by atoms with Crippen LogP contribution >= 0.6 is 0 Å². The molecule has 1 heterocycles. The summed E-state index contributed by atoms with van der Waals surface area (Å²) < 4.78 is 0. The van der Waals surface area contributed by atoms with Crippen LogP contribution in [0.1, 0.15) is 43.6 Å². The van der Waals surface area contributed by atoms with Crippen LogP contribution in [-0.4, -0.2) is 29.0 Å². The largest absolute Gasteiger partial charge is 0.369 e. The average Bonchev–Trinajstić information content (AvgIpc) is 2.83. The van der Waals surface area contributed by atoms with Gasteiger partial charge in [-0.1, -0.05) is 19.8 Å². The van der Waals surface area contributed by atoms with E-state index in [0.29, 0.717) is 23.3 Å². The van der Waals surface area contributed by atoms with Gasteiger partial charge in [-0.3, -0.25) is 4.79 Å². The first kappa shape index (κ1) is 13.8. The number of anilines is 1. The van der Waals surface area contributed by atoms with Gasteiger partial charge in [0.25, 0.3) is 5.91 Å². The molecule has 5 nitrogen and oxygen atoms in total. The van der Waals surface area contributed by atoms with E-state index in [1.807, 2.05) is 6.92 Å². The summed E-state index contributed by atoms with van der Waals surface area (Å²) in [6.07, 6.45) is 6.88. The Balaban J connectivity index is 1.85. The van der Waals surface area contributed by atoms with Gasteiger partial charge in [0.2, 0.25) is 0 Å². The van der Waals surface area contributed by atoms with E-state index in [9.17, 15) is 4.79 Å². The Morgan fingerprint density at radius 2 is 2.21 bits per heavy atom. The van der Waals surface area contributed by atoms with Crippen molar-refractivity contribution in [1.29, 1.82) is 0 Å². The normalized spacial score (nSPS) is 22.2. The van der Waals surface area contributed by atoms with Crippen LogP contribution in [0.5, 0.6) is 0 Å². The van der Waals surface area contributed by atoms with Crippen LogP contribution in [0.15, 0.2) is 12.4 Å². The SMILES string of the molecule is CCNc1cnc(C(=O)NCC2CCCC2C)cn1. The standard InChI is InChI=1S/C14H22N4O/c1-3-15-13-9-16-12(8-17-13)14(19)18-7-11-6-4-5-10(11)2/h8-11H,3-7H2,1-2H3,(H,15,17)(H,18,19). The first-order valence-corrected chi connectivity index (χ1v) is 7.04. The van der Waals surface area contributed by atoms with Crippen molar-refractivity contribution in [2.45, 2.75) is 33.1 Å². The third kappa shape index (κ3) is 3.66. The third-order valence-corrected chi connectivity index (χ3v) is 3.81. The molecule has 0 saturated heterocycles. The Labute approximate surface area is 114 Å². The highest BCUT2D eigenvalue weighted by Crippen LogP contribution is 2.30. The smallest absolute Gasteiger partial charge is 0.271 e. The molecular weight excluding hydrogens is 240 g/mol. The number of hydrogen-bond acceptors (Lipinski definition) is 4. The molecule has 1 aliphatic rings. The highest BCUT2D eigenvalue weighted by atomic mass is 16.1. The minimum Gasteiger partial charge on any atom is -0.369 e. The van der Waals surface area contributed by atoms with E-state index >= 15 is 0 Å². The molecule has 0 radical (unpaired) electrons.